The van der Waals surface area contributed by atoms with Crippen LogP contribution in [0.15, 0.2) is 42.5 Å². The zero-order valence-corrected chi connectivity index (χ0v) is 17.7. The molecule has 0 unspecified atom stereocenters. The molecule has 1 aliphatic heterocycles. The van der Waals surface area contributed by atoms with E-state index in [1.54, 1.807) is 24.3 Å². The summed E-state index contributed by atoms with van der Waals surface area (Å²) in [5.41, 5.74) is 0.941. The van der Waals surface area contributed by atoms with Gasteiger partial charge in [0.2, 0.25) is 5.91 Å². The molecule has 0 aromatic heterocycles. The van der Waals surface area contributed by atoms with E-state index in [1.807, 2.05) is 6.92 Å². The summed E-state index contributed by atoms with van der Waals surface area (Å²) in [6.45, 7) is 2.26. The first-order chi connectivity index (χ1) is 14.9. The number of amides is 2. The third kappa shape index (κ3) is 5.95. The van der Waals surface area contributed by atoms with Crippen molar-refractivity contribution in [3.63, 3.8) is 0 Å². The Morgan fingerprint density at radius 3 is 2.65 bits per heavy atom. The van der Waals surface area contributed by atoms with Gasteiger partial charge < -0.3 is 19.7 Å². The van der Waals surface area contributed by atoms with E-state index in [0.717, 1.165) is 12.5 Å². The number of esters is 1. The Bertz CT molecular complexity index is 967. The summed E-state index contributed by atoms with van der Waals surface area (Å²) >= 11 is 5.66. The van der Waals surface area contributed by atoms with Gasteiger partial charge in [-0.1, -0.05) is 18.5 Å². The second kappa shape index (κ2) is 10.3. The minimum absolute atomic E-state index is 0.00209. The summed E-state index contributed by atoms with van der Waals surface area (Å²) in [4.78, 5) is 38.2. The van der Waals surface area contributed by atoms with Crippen LogP contribution in [0.3, 0.4) is 0 Å². The molecule has 164 valence electrons. The molecule has 1 saturated heterocycles. The Kier molecular flexibility index (Phi) is 7.46. The SMILES string of the molecule is CCCOc1ccc(N2C[C@@H](C(=O)OCC(=O)Nc3ccc(F)c(Cl)c3)CC2=O)cc1. The first-order valence-electron chi connectivity index (χ1n) is 9.82. The molecule has 0 spiro atoms. The largest absolute Gasteiger partial charge is 0.494 e. The van der Waals surface area contributed by atoms with Gasteiger partial charge in [0.1, 0.15) is 11.6 Å². The van der Waals surface area contributed by atoms with E-state index in [-0.39, 0.29) is 29.6 Å². The number of ether oxygens (including phenoxy) is 2. The Labute approximate surface area is 184 Å². The van der Waals surface area contributed by atoms with Gasteiger partial charge >= 0.3 is 5.97 Å². The molecule has 31 heavy (non-hydrogen) atoms. The van der Waals surface area contributed by atoms with E-state index in [9.17, 15) is 18.8 Å². The van der Waals surface area contributed by atoms with Gasteiger partial charge in [0.25, 0.3) is 5.91 Å². The molecular formula is C22H22ClFN2O5. The quantitative estimate of drug-likeness (QED) is 0.621. The fraction of sp³-hybridized carbons (Fsp3) is 0.318. The zero-order valence-electron chi connectivity index (χ0n) is 16.9. The fourth-order valence-corrected chi connectivity index (χ4v) is 3.26. The third-order valence-electron chi connectivity index (χ3n) is 4.63. The molecule has 2 aromatic carbocycles. The van der Waals surface area contributed by atoms with Crippen molar-refractivity contribution < 1.29 is 28.2 Å². The first kappa shape index (κ1) is 22.6. The standard InChI is InChI=1S/C22H22ClFN2O5/c1-2-9-30-17-6-4-16(5-7-17)26-12-14(10-21(26)28)22(29)31-13-20(27)25-15-3-8-19(24)18(23)11-15/h3-8,11,14H,2,9-10,12-13H2,1H3,(H,25,27)/t14-/m0/s1. The van der Waals surface area contributed by atoms with E-state index < -0.39 is 30.2 Å². The lowest BCUT2D eigenvalue weighted by molar-refractivity contribution is -0.151. The number of halogens is 2. The fourth-order valence-electron chi connectivity index (χ4n) is 3.08. The second-order valence-electron chi connectivity index (χ2n) is 7.03. The molecule has 0 saturated carbocycles. The minimum atomic E-state index is -0.670. The minimum Gasteiger partial charge on any atom is -0.494 e. The lowest BCUT2D eigenvalue weighted by Gasteiger charge is -2.17. The summed E-state index contributed by atoms with van der Waals surface area (Å²) in [5, 5.41) is 2.33. The highest BCUT2D eigenvalue weighted by Crippen LogP contribution is 2.27. The highest BCUT2D eigenvalue weighted by Gasteiger charge is 2.36. The van der Waals surface area contributed by atoms with E-state index >= 15 is 0 Å². The van der Waals surface area contributed by atoms with Gasteiger partial charge in [0.05, 0.1) is 17.5 Å². The van der Waals surface area contributed by atoms with Crippen LogP contribution in [0.25, 0.3) is 0 Å². The maximum atomic E-state index is 13.2. The number of nitrogens with one attached hydrogen (secondary N) is 1. The average Bonchev–Trinajstić information content (AvgIpc) is 3.15. The Balaban J connectivity index is 1.50. The highest BCUT2D eigenvalue weighted by atomic mass is 35.5. The van der Waals surface area contributed by atoms with E-state index in [2.05, 4.69) is 5.32 Å². The van der Waals surface area contributed by atoms with Crippen LogP contribution in [0.5, 0.6) is 5.75 Å². The molecule has 1 aliphatic rings. The number of hydrogen-bond acceptors (Lipinski definition) is 5. The van der Waals surface area contributed by atoms with Gasteiger partial charge in [-0.15, -0.1) is 0 Å². The van der Waals surface area contributed by atoms with Crippen molar-refractivity contribution in [1.29, 1.82) is 0 Å². The van der Waals surface area contributed by atoms with Crippen LogP contribution in [0.1, 0.15) is 19.8 Å². The molecular weight excluding hydrogens is 427 g/mol. The molecule has 1 atom stereocenters. The molecule has 3 rings (SSSR count). The lowest BCUT2D eigenvalue weighted by atomic mass is 10.1. The summed E-state index contributed by atoms with van der Waals surface area (Å²) in [5.74, 6) is -2.00. The van der Waals surface area contributed by atoms with Gasteiger partial charge in [-0.2, -0.15) is 0 Å². The third-order valence-corrected chi connectivity index (χ3v) is 4.92. The highest BCUT2D eigenvalue weighted by molar-refractivity contribution is 6.31. The van der Waals surface area contributed by atoms with Crippen LogP contribution in [-0.2, 0) is 19.1 Å². The van der Waals surface area contributed by atoms with Crippen molar-refractivity contribution in [1.82, 2.24) is 0 Å². The van der Waals surface area contributed by atoms with Crippen LogP contribution >= 0.6 is 11.6 Å². The number of benzene rings is 2. The van der Waals surface area contributed by atoms with Gasteiger partial charge in [0.15, 0.2) is 6.61 Å². The number of anilines is 2. The summed E-state index contributed by atoms with van der Waals surface area (Å²) < 4.78 is 23.7. The molecule has 9 heteroatoms. The number of nitrogens with zero attached hydrogens (tertiary/aromatic N) is 1. The van der Waals surface area contributed by atoms with Crippen molar-refractivity contribution in [2.24, 2.45) is 5.92 Å². The molecule has 0 radical (unpaired) electrons. The monoisotopic (exact) mass is 448 g/mol. The van der Waals surface area contributed by atoms with Crippen LogP contribution in [0.2, 0.25) is 5.02 Å². The predicted octanol–water partition coefficient (Wildman–Crippen LogP) is 3.80. The molecule has 2 amide bonds. The second-order valence-corrected chi connectivity index (χ2v) is 7.44. The predicted molar refractivity (Wildman–Crippen MR) is 114 cm³/mol. The Morgan fingerprint density at radius 1 is 1.23 bits per heavy atom. The summed E-state index contributed by atoms with van der Waals surface area (Å²) in [6.07, 6.45) is 0.897. The van der Waals surface area contributed by atoms with E-state index in [4.69, 9.17) is 21.1 Å². The van der Waals surface area contributed by atoms with E-state index in [0.29, 0.717) is 18.0 Å². The topological polar surface area (TPSA) is 84.9 Å². The molecule has 0 aliphatic carbocycles. The maximum Gasteiger partial charge on any atom is 0.311 e. The van der Waals surface area contributed by atoms with Crippen LogP contribution in [0, 0.1) is 11.7 Å². The van der Waals surface area contributed by atoms with Crippen molar-refractivity contribution in [3.05, 3.63) is 53.3 Å². The maximum absolute atomic E-state index is 13.2. The zero-order chi connectivity index (χ0) is 22.4. The molecule has 1 heterocycles. The molecule has 2 aromatic rings. The van der Waals surface area contributed by atoms with Crippen LogP contribution in [-0.4, -0.2) is 37.5 Å². The summed E-state index contributed by atoms with van der Waals surface area (Å²) in [6, 6.07) is 10.8. The average molecular weight is 449 g/mol. The van der Waals surface area contributed by atoms with Crippen molar-refractivity contribution in [2.75, 3.05) is 30.0 Å². The van der Waals surface area contributed by atoms with Gasteiger partial charge in [0, 0.05) is 24.3 Å². The Hall–Kier alpha value is -3.13. The first-order valence-corrected chi connectivity index (χ1v) is 10.2. The number of carbonyl (C=O) groups excluding carboxylic acids is 3. The number of carbonyl (C=O) groups is 3. The van der Waals surface area contributed by atoms with Gasteiger partial charge in [-0.05, 0) is 48.9 Å². The lowest BCUT2D eigenvalue weighted by Crippen LogP contribution is -2.28. The van der Waals surface area contributed by atoms with Crippen LogP contribution < -0.4 is 15.0 Å². The van der Waals surface area contributed by atoms with Gasteiger partial charge in [-0.25, -0.2) is 4.39 Å². The molecule has 7 nitrogen and oxygen atoms in total. The van der Waals surface area contributed by atoms with Crippen LogP contribution in [0.4, 0.5) is 15.8 Å². The summed E-state index contributed by atoms with van der Waals surface area (Å²) in [7, 11) is 0. The van der Waals surface area contributed by atoms with Crippen molar-refractivity contribution in [2.45, 2.75) is 19.8 Å². The number of rotatable bonds is 8. The Morgan fingerprint density at radius 2 is 1.97 bits per heavy atom. The molecule has 1 fully saturated rings. The molecule has 1 N–H and O–H groups in total. The van der Waals surface area contributed by atoms with Crippen molar-refractivity contribution in [3.8, 4) is 5.75 Å². The smallest absolute Gasteiger partial charge is 0.311 e. The van der Waals surface area contributed by atoms with Crippen molar-refractivity contribution >= 4 is 40.8 Å². The number of hydrogen-bond donors (Lipinski definition) is 1. The normalized spacial score (nSPS) is 15.6. The van der Waals surface area contributed by atoms with E-state index in [1.165, 1.54) is 17.0 Å². The molecule has 0 bridgehead atoms. The van der Waals surface area contributed by atoms with Gasteiger partial charge in [-0.3, -0.25) is 14.4 Å².